The maximum absolute atomic E-state index is 13.3. The van der Waals surface area contributed by atoms with E-state index < -0.39 is 30.1 Å². The molecule has 0 radical (unpaired) electrons. The molecule has 0 heterocycles. The van der Waals surface area contributed by atoms with Crippen LogP contribution in [0.5, 0.6) is 0 Å². The van der Waals surface area contributed by atoms with Crippen LogP contribution in [0.2, 0.25) is 0 Å². The van der Waals surface area contributed by atoms with Gasteiger partial charge < -0.3 is 10.1 Å². The Balaban J connectivity index is 1.81. The minimum atomic E-state index is -0.805. The van der Waals surface area contributed by atoms with E-state index in [1.807, 2.05) is 0 Å². The second kappa shape index (κ2) is 7.31. The zero-order valence-electron chi connectivity index (χ0n) is 11.5. The Morgan fingerprint density at radius 1 is 1.05 bits per heavy atom. The van der Waals surface area contributed by atoms with E-state index in [9.17, 15) is 18.4 Å². The molecule has 0 unspecified atom stereocenters. The van der Waals surface area contributed by atoms with E-state index in [1.165, 1.54) is 30.3 Å². The Bertz CT molecular complexity index is 689. The highest BCUT2D eigenvalue weighted by molar-refractivity contribution is 5.91. The third-order valence-corrected chi connectivity index (χ3v) is 2.83. The third-order valence-electron chi connectivity index (χ3n) is 2.83. The van der Waals surface area contributed by atoms with Crippen LogP contribution in [0.25, 0.3) is 0 Å². The number of carbonyl (C=O) groups excluding carboxylic acids is 2. The lowest BCUT2D eigenvalue weighted by Gasteiger charge is -2.07. The summed E-state index contributed by atoms with van der Waals surface area (Å²) in [5.74, 6) is -2.38. The van der Waals surface area contributed by atoms with Crippen molar-refractivity contribution in [3.63, 3.8) is 0 Å². The van der Waals surface area contributed by atoms with Crippen molar-refractivity contribution in [1.29, 1.82) is 0 Å². The van der Waals surface area contributed by atoms with Crippen LogP contribution in [0.4, 0.5) is 8.78 Å². The van der Waals surface area contributed by atoms with E-state index in [1.54, 1.807) is 12.1 Å². The summed E-state index contributed by atoms with van der Waals surface area (Å²) < 4.78 is 31.0. The third kappa shape index (κ3) is 4.37. The molecule has 0 saturated heterocycles. The lowest BCUT2D eigenvalue weighted by molar-refractivity contribution is -0.124. The van der Waals surface area contributed by atoms with Gasteiger partial charge in [0, 0.05) is 12.1 Å². The number of benzene rings is 2. The van der Waals surface area contributed by atoms with Crippen LogP contribution in [0, 0.1) is 11.6 Å². The summed E-state index contributed by atoms with van der Waals surface area (Å²) in [5, 5.41) is 2.43. The SMILES string of the molecule is O=C(COC(=O)c1cccc(F)c1)NCc1ccccc1F. The molecular formula is C16H13F2NO3. The second-order valence-corrected chi connectivity index (χ2v) is 4.45. The second-order valence-electron chi connectivity index (χ2n) is 4.45. The van der Waals surface area contributed by atoms with Gasteiger partial charge in [-0.2, -0.15) is 0 Å². The Morgan fingerprint density at radius 2 is 1.82 bits per heavy atom. The van der Waals surface area contributed by atoms with E-state index in [0.717, 1.165) is 6.07 Å². The lowest BCUT2D eigenvalue weighted by Crippen LogP contribution is -2.28. The Hall–Kier alpha value is -2.76. The van der Waals surface area contributed by atoms with Crippen LogP contribution in [0.15, 0.2) is 48.5 Å². The van der Waals surface area contributed by atoms with Gasteiger partial charge in [0.1, 0.15) is 11.6 Å². The number of hydrogen-bond donors (Lipinski definition) is 1. The molecule has 1 amide bonds. The molecule has 0 atom stereocenters. The monoisotopic (exact) mass is 305 g/mol. The number of esters is 1. The summed E-state index contributed by atoms with van der Waals surface area (Å²) in [7, 11) is 0. The topological polar surface area (TPSA) is 55.4 Å². The number of carbonyl (C=O) groups is 2. The lowest BCUT2D eigenvalue weighted by atomic mass is 10.2. The van der Waals surface area contributed by atoms with Crippen LogP contribution in [0.3, 0.4) is 0 Å². The van der Waals surface area contributed by atoms with Crippen molar-refractivity contribution in [2.45, 2.75) is 6.54 Å². The fourth-order valence-electron chi connectivity index (χ4n) is 1.72. The maximum atomic E-state index is 13.3. The van der Waals surface area contributed by atoms with Crippen molar-refractivity contribution in [3.8, 4) is 0 Å². The van der Waals surface area contributed by atoms with Crippen molar-refractivity contribution < 1.29 is 23.1 Å². The molecule has 6 heteroatoms. The minimum absolute atomic E-state index is 0.0109. The first-order chi connectivity index (χ1) is 10.6. The first kappa shape index (κ1) is 15.6. The molecule has 2 rings (SSSR count). The number of rotatable bonds is 5. The van der Waals surface area contributed by atoms with Gasteiger partial charge in [-0.15, -0.1) is 0 Å². The van der Waals surface area contributed by atoms with Crippen LogP contribution in [-0.4, -0.2) is 18.5 Å². The van der Waals surface area contributed by atoms with E-state index >= 15 is 0 Å². The largest absolute Gasteiger partial charge is 0.452 e. The standard InChI is InChI=1S/C16H13F2NO3/c17-13-6-3-5-11(8-13)16(21)22-10-15(20)19-9-12-4-1-2-7-14(12)18/h1-8H,9-10H2,(H,19,20). The highest BCUT2D eigenvalue weighted by atomic mass is 19.1. The molecule has 0 spiro atoms. The average molecular weight is 305 g/mol. The van der Waals surface area contributed by atoms with Gasteiger partial charge in [-0.05, 0) is 24.3 Å². The minimum Gasteiger partial charge on any atom is -0.452 e. The molecule has 0 aliphatic heterocycles. The molecule has 1 N–H and O–H groups in total. The van der Waals surface area contributed by atoms with Crippen molar-refractivity contribution in [1.82, 2.24) is 5.32 Å². The predicted molar refractivity (Wildman–Crippen MR) is 74.9 cm³/mol. The van der Waals surface area contributed by atoms with E-state index in [2.05, 4.69) is 5.32 Å². The van der Waals surface area contributed by atoms with Crippen LogP contribution in [0.1, 0.15) is 15.9 Å². The number of amides is 1. The average Bonchev–Trinajstić information content (AvgIpc) is 2.52. The fraction of sp³-hybridized carbons (Fsp3) is 0.125. The van der Waals surface area contributed by atoms with E-state index in [0.29, 0.717) is 5.56 Å². The molecule has 0 saturated carbocycles. The van der Waals surface area contributed by atoms with E-state index in [-0.39, 0.29) is 12.1 Å². The summed E-state index contributed by atoms with van der Waals surface area (Å²) in [6.07, 6.45) is 0. The molecule has 4 nitrogen and oxygen atoms in total. The van der Waals surface area contributed by atoms with Gasteiger partial charge >= 0.3 is 5.97 Å². The zero-order valence-corrected chi connectivity index (χ0v) is 11.5. The first-order valence-electron chi connectivity index (χ1n) is 6.49. The predicted octanol–water partition coefficient (Wildman–Crippen LogP) is 2.44. The molecule has 0 aliphatic carbocycles. The van der Waals surface area contributed by atoms with Gasteiger partial charge in [-0.25, -0.2) is 13.6 Å². The van der Waals surface area contributed by atoms with Crippen LogP contribution >= 0.6 is 0 Å². The number of hydrogen-bond acceptors (Lipinski definition) is 3. The van der Waals surface area contributed by atoms with Crippen molar-refractivity contribution in [2.75, 3.05) is 6.61 Å². The van der Waals surface area contributed by atoms with Gasteiger partial charge in [-0.3, -0.25) is 4.79 Å². The molecule has 0 fully saturated rings. The summed E-state index contributed by atoms with van der Waals surface area (Å²) in [5.41, 5.74) is 0.342. The van der Waals surface area contributed by atoms with E-state index in [4.69, 9.17) is 4.74 Å². The molecule has 0 aliphatic rings. The van der Waals surface area contributed by atoms with Crippen LogP contribution < -0.4 is 5.32 Å². The van der Waals surface area contributed by atoms with Crippen molar-refractivity contribution >= 4 is 11.9 Å². The molecule has 22 heavy (non-hydrogen) atoms. The summed E-state index contributed by atoms with van der Waals surface area (Å²) in [6, 6.07) is 11.0. The summed E-state index contributed by atoms with van der Waals surface area (Å²) in [4.78, 5) is 23.1. The van der Waals surface area contributed by atoms with Crippen LogP contribution in [-0.2, 0) is 16.1 Å². The summed E-state index contributed by atoms with van der Waals surface area (Å²) >= 11 is 0. The highest BCUT2D eigenvalue weighted by Gasteiger charge is 2.11. The van der Waals surface area contributed by atoms with Gasteiger partial charge in [0.05, 0.1) is 5.56 Å². The molecular weight excluding hydrogens is 292 g/mol. The quantitative estimate of drug-likeness (QED) is 0.863. The molecule has 114 valence electrons. The Labute approximate surface area is 125 Å². The van der Waals surface area contributed by atoms with Crippen molar-refractivity contribution in [2.24, 2.45) is 0 Å². The summed E-state index contributed by atoms with van der Waals surface area (Å²) in [6.45, 7) is -0.535. The normalized spacial score (nSPS) is 10.1. The number of ether oxygens (including phenoxy) is 1. The van der Waals surface area contributed by atoms with Gasteiger partial charge in [0.25, 0.3) is 5.91 Å². The molecule has 2 aromatic carbocycles. The van der Waals surface area contributed by atoms with Crippen molar-refractivity contribution in [3.05, 3.63) is 71.3 Å². The molecule has 2 aromatic rings. The number of nitrogens with one attached hydrogen (secondary N) is 1. The first-order valence-corrected chi connectivity index (χ1v) is 6.49. The van der Waals surface area contributed by atoms with Gasteiger partial charge in [0.15, 0.2) is 6.61 Å². The zero-order chi connectivity index (χ0) is 15.9. The highest BCUT2D eigenvalue weighted by Crippen LogP contribution is 2.06. The van der Waals surface area contributed by atoms with Gasteiger partial charge in [-0.1, -0.05) is 24.3 Å². The smallest absolute Gasteiger partial charge is 0.338 e. The van der Waals surface area contributed by atoms with Gasteiger partial charge in [0.2, 0.25) is 0 Å². The number of halogens is 2. The maximum Gasteiger partial charge on any atom is 0.338 e. The Morgan fingerprint density at radius 3 is 2.55 bits per heavy atom. The fourth-order valence-corrected chi connectivity index (χ4v) is 1.72. The molecule has 0 aromatic heterocycles. The molecule has 0 bridgehead atoms. The Kier molecular flexibility index (Phi) is 5.19.